The molecule has 0 saturated heterocycles. The van der Waals surface area contributed by atoms with Gasteiger partial charge in [-0.1, -0.05) is 6.92 Å². The third-order valence-electron chi connectivity index (χ3n) is 3.33. The molecule has 0 amide bonds. The minimum Gasteiger partial charge on any atom is -0.399 e. The van der Waals surface area contributed by atoms with Gasteiger partial charge in [0.15, 0.2) is 0 Å². The molecule has 2 N–H and O–H groups in total. The Labute approximate surface area is 109 Å². The maximum atomic E-state index is 12.5. The van der Waals surface area contributed by atoms with Crippen molar-refractivity contribution in [2.24, 2.45) is 5.92 Å². The Morgan fingerprint density at radius 1 is 1.39 bits per heavy atom. The molecule has 0 heterocycles. The van der Waals surface area contributed by atoms with Gasteiger partial charge in [-0.25, -0.2) is 8.42 Å². The van der Waals surface area contributed by atoms with E-state index in [-0.39, 0.29) is 0 Å². The van der Waals surface area contributed by atoms with Crippen LogP contribution in [0.1, 0.15) is 25.3 Å². The normalized spacial score (nSPS) is 16.2. The van der Waals surface area contributed by atoms with Crippen LogP contribution in [0.3, 0.4) is 0 Å². The monoisotopic (exact) mass is 268 g/mol. The van der Waals surface area contributed by atoms with E-state index in [1.807, 2.05) is 6.92 Å². The minimum absolute atomic E-state index is 0.374. The van der Waals surface area contributed by atoms with Crippen molar-refractivity contribution in [1.82, 2.24) is 4.31 Å². The molecule has 100 valence electrons. The second-order valence-corrected chi connectivity index (χ2v) is 6.83. The Morgan fingerprint density at radius 3 is 2.56 bits per heavy atom. The van der Waals surface area contributed by atoms with Gasteiger partial charge in [0, 0.05) is 18.8 Å². The van der Waals surface area contributed by atoms with Crippen LogP contribution in [0, 0.1) is 12.8 Å². The Kier molecular flexibility index (Phi) is 3.64. The number of rotatable bonds is 5. The van der Waals surface area contributed by atoms with Gasteiger partial charge in [0.05, 0.1) is 4.90 Å². The standard InChI is InChI=1S/C13H20N2O2S/c1-3-15(9-11-4-5-11)18(16,17)13-7-6-12(14)8-10(13)2/h6-8,11H,3-5,9,14H2,1-2H3. The number of hydrogen-bond donors (Lipinski definition) is 1. The number of nitrogens with two attached hydrogens (primary N) is 1. The highest BCUT2D eigenvalue weighted by molar-refractivity contribution is 7.89. The fourth-order valence-corrected chi connectivity index (χ4v) is 3.82. The van der Waals surface area contributed by atoms with Gasteiger partial charge >= 0.3 is 0 Å². The first-order valence-electron chi connectivity index (χ1n) is 6.31. The van der Waals surface area contributed by atoms with Crippen LogP contribution >= 0.6 is 0 Å². The molecule has 0 aliphatic heterocycles. The molecule has 0 bridgehead atoms. The van der Waals surface area contributed by atoms with Crippen molar-refractivity contribution in [2.75, 3.05) is 18.8 Å². The van der Waals surface area contributed by atoms with Crippen LogP contribution in [0.4, 0.5) is 5.69 Å². The van der Waals surface area contributed by atoms with Crippen LogP contribution < -0.4 is 5.73 Å². The highest BCUT2D eigenvalue weighted by Crippen LogP contribution is 2.32. The summed E-state index contributed by atoms with van der Waals surface area (Å²) < 4.78 is 26.7. The van der Waals surface area contributed by atoms with Crippen molar-refractivity contribution in [3.63, 3.8) is 0 Å². The van der Waals surface area contributed by atoms with Gasteiger partial charge in [-0.3, -0.25) is 0 Å². The van der Waals surface area contributed by atoms with Crippen LogP contribution in [0.15, 0.2) is 23.1 Å². The maximum Gasteiger partial charge on any atom is 0.243 e. The molecule has 1 aromatic rings. The first kappa shape index (κ1) is 13.4. The van der Waals surface area contributed by atoms with Crippen LogP contribution in [-0.2, 0) is 10.0 Å². The van der Waals surface area contributed by atoms with Crippen LogP contribution in [0.25, 0.3) is 0 Å². The molecular weight excluding hydrogens is 248 g/mol. The second-order valence-electron chi connectivity index (χ2n) is 4.92. The lowest BCUT2D eigenvalue weighted by Gasteiger charge is -2.21. The topological polar surface area (TPSA) is 63.4 Å². The number of aryl methyl sites for hydroxylation is 1. The Morgan fingerprint density at radius 2 is 2.06 bits per heavy atom. The molecule has 0 unspecified atom stereocenters. The summed E-state index contributed by atoms with van der Waals surface area (Å²) in [6, 6.07) is 4.96. The maximum absolute atomic E-state index is 12.5. The van der Waals surface area contributed by atoms with E-state index < -0.39 is 10.0 Å². The van der Waals surface area contributed by atoms with Crippen molar-refractivity contribution < 1.29 is 8.42 Å². The lowest BCUT2D eigenvalue weighted by atomic mass is 10.2. The Balaban J connectivity index is 2.32. The van der Waals surface area contributed by atoms with Gasteiger partial charge in [0.1, 0.15) is 0 Å². The molecule has 0 aromatic heterocycles. The van der Waals surface area contributed by atoms with Crippen molar-refractivity contribution in [2.45, 2.75) is 31.6 Å². The summed E-state index contributed by atoms with van der Waals surface area (Å²) in [5.74, 6) is 0.550. The fourth-order valence-electron chi connectivity index (χ4n) is 2.09. The summed E-state index contributed by atoms with van der Waals surface area (Å²) in [6.07, 6.45) is 2.29. The zero-order valence-electron chi connectivity index (χ0n) is 10.9. The zero-order chi connectivity index (χ0) is 13.3. The van der Waals surface area contributed by atoms with E-state index in [9.17, 15) is 8.42 Å². The van der Waals surface area contributed by atoms with Crippen molar-refractivity contribution in [3.8, 4) is 0 Å². The number of nitrogens with zero attached hydrogens (tertiary/aromatic N) is 1. The van der Waals surface area contributed by atoms with Crippen molar-refractivity contribution in [3.05, 3.63) is 23.8 Å². The summed E-state index contributed by atoms with van der Waals surface area (Å²) in [6.45, 7) is 4.83. The lowest BCUT2D eigenvalue weighted by Crippen LogP contribution is -2.33. The van der Waals surface area contributed by atoms with Gasteiger partial charge in [-0.15, -0.1) is 0 Å². The smallest absolute Gasteiger partial charge is 0.243 e. The molecule has 5 heteroatoms. The lowest BCUT2D eigenvalue weighted by molar-refractivity contribution is 0.411. The molecular formula is C13H20N2O2S. The number of anilines is 1. The average Bonchev–Trinajstić information content (AvgIpc) is 3.08. The summed E-state index contributed by atoms with van der Waals surface area (Å²) >= 11 is 0. The molecule has 18 heavy (non-hydrogen) atoms. The summed E-state index contributed by atoms with van der Waals surface area (Å²) in [4.78, 5) is 0.374. The fraction of sp³-hybridized carbons (Fsp3) is 0.538. The van der Waals surface area contributed by atoms with Gasteiger partial charge in [-0.05, 0) is 49.4 Å². The van der Waals surface area contributed by atoms with Crippen molar-refractivity contribution >= 4 is 15.7 Å². The first-order chi connectivity index (χ1) is 8.45. The Hall–Kier alpha value is -1.07. The van der Waals surface area contributed by atoms with Crippen LogP contribution in [-0.4, -0.2) is 25.8 Å². The van der Waals surface area contributed by atoms with Crippen LogP contribution in [0.2, 0.25) is 0 Å². The molecule has 2 rings (SSSR count). The van der Waals surface area contributed by atoms with Gasteiger partial charge in [-0.2, -0.15) is 4.31 Å². The van der Waals surface area contributed by atoms with E-state index in [2.05, 4.69) is 0 Å². The average molecular weight is 268 g/mol. The minimum atomic E-state index is -3.38. The zero-order valence-corrected chi connectivity index (χ0v) is 11.7. The number of sulfonamides is 1. The molecule has 0 atom stereocenters. The number of nitrogen functional groups attached to an aromatic ring is 1. The third kappa shape index (κ3) is 2.67. The van der Waals surface area contributed by atoms with Crippen molar-refractivity contribution in [1.29, 1.82) is 0 Å². The molecule has 1 saturated carbocycles. The molecule has 0 spiro atoms. The quantitative estimate of drug-likeness (QED) is 0.831. The molecule has 1 aliphatic carbocycles. The predicted molar refractivity (Wildman–Crippen MR) is 72.7 cm³/mol. The van der Waals surface area contributed by atoms with Gasteiger partial charge in [0.2, 0.25) is 10.0 Å². The molecule has 0 radical (unpaired) electrons. The number of benzene rings is 1. The summed E-state index contributed by atoms with van der Waals surface area (Å²) in [5, 5.41) is 0. The summed E-state index contributed by atoms with van der Waals surface area (Å²) in [5.41, 5.74) is 6.97. The molecule has 1 aromatic carbocycles. The molecule has 4 nitrogen and oxygen atoms in total. The van der Waals surface area contributed by atoms with Crippen LogP contribution in [0.5, 0.6) is 0 Å². The SMILES string of the molecule is CCN(CC1CC1)S(=O)(=O)c1ccc(N)cc1C. The van der Waals surface area contributed by atoms with E-state index >= 15 is 0 Å². The third-order valence-corrected chi connectivity index (χ3v) is 5.43. The highest BCUT2D eigenvalue weighted by Gasteiger charge is 2.31. The first-order valence-corrected chi connectivity index (χ1v) is 7.75. The summed E-state index contributed by atoms with van der Waals surface area (Å²) in [7, 11) is -3.38. The van der Waals surface area contributed by atoms with E-state index in [1.54, 1.807) is 29.4 Å². The Bertz CT molecular complexity index is 536. The molecule has 1 fully saturated rings. The largest absolute Gasteiger partial charge is 0.399 e. The second kappa shape index (κ2) is 4.90. The predicted octanol–water partition coefficient (Wildman–Crippen LogP) is 2.00. The van der Waals surface area contributed by atoms with Gasteiger partial charge in [0.25, 0.3) is 0 Å². The van der Waals surface area contributed by atoms with E-state index in [0.29, 0.717) is 35.2 Å². The van der Waals surface area contributed by atoms with E-state index in [1.165, 1.54) is 0 Å². The highest BCUT2D eigenvalue weighted by atomic mass is 32.2. The van der Waals surface area contributed by atoms with E-state index in [0.717, 1.165) is 12.8 Å². The molecule has 1 aliphatic rings. The van der Waals surface area contributed by atoms with Gasteiger partial charge < -0.3 is 5.73 Å². The number of hydrogen-bond acceptors (Lipinski definition) is 3. The van der Waals surface area contributed by atoms with E-state index in [4.69, 9.17) is 5.73 Å².